The zero-order chi connectivity index (χ0) is 7.56. The van der Waals surface area contributed by atoms with Crippen LogP contribution in [0, 0.1) is 5.92 Å². The molecule has 0 aromatic rings. The molecular weight excluding hydrogens is 124 g/mol. The van der Waals surface area contributed by atoms with E-state index in [1.165, 1.54) is 19.3 Å². The first-order valence-electron chi connectivity index (χ1n) is 4.21. The van der Waals surface area contributed by atoms with Crippen molar-refractivity contribution in [1.29, 1.82) is 0 Å². The highest BCUT2D eigenvalue weighted by Gasteiger charge is 2.22. The Morgan fingerprint density at radius 2 is 2.00 bits per heavy atom. The molecule has 2 heteroatoms. The van der Waals surface area contributed by atoms with Crippen LogP contribution in [0.5, 0.6) is 0 Å². The summed E-state index contributed by atoms with van der Waals surface area (Å²) in [5, 5.41) is 0. The van der Waals surface area contributed by atoms with Gasteiger partial charge in [0.2, 0.25) is 0 Å². The van der Waals surface area contributed by atoms with Gasteiger partial charge in [0.1, 0.15) is 0 Å². The topological polar surface area (TPSA) is 52.0 Å². The monoisotopic (exact) mass is 142 g/mol. The summed E-state index contributed by atoms with van der Waals surface area (Å²) in [7, 11) is 0. The van der Waals surface area contributed by atoms with Crippen LogP contribution in [-0.2, 0) is 0 Å². The summed E-state index contributed by atoms with van der Waals surface area (Å²) < 4.78 is 0. The van der Waals surface area contributed by atoms with Gasteiger partial charge in [0.15, 0.2) is 0 Å². The zero-order valence-corrected chi connectivity index (χ0v) is 6.72. The Kier molecular flexibility index (Phi) is 2.69. The van der Waals surface area contributed by atoms with Gasteiger partial charge in [-0.1, -0.05) is 12.8 Å². The smallest absolute Gasteiger partial charge is 0.0189 e. The molecule has 0 spiro atoms. The van der Waals surface area contributed by atoms with Crippen LogP contribution in [0.15, 0.2) is 0 Å². The molecule has 0 aromatic carbocycles. The minimum atomic E-state index is 0.166. The quantitative estimate of drug-likeness (QED) is 0.611. The third-order valence-electron chi connectivity index (χ3n) is 2.28. The molecule has 0 bridgehead atoms. The lowest BCUT2D eigenvalue weighted by molar-refractivity contribution is 0.490. The van der Waals surface area contributed by atoms with Gasteiger partial charge in [-0.3, -0.25) is 0 Å². The van der Waals surface area contributed by atoms with Crippen molar-refractivity contribution in [2.24, 2.45) is 17.4 Å². The van der Waals surface area contributed by atoms with E-state index in [9.17, 15) is 0 Å². The number of rotatable bonds is 4. The third-order valence-corrected chi connectivity index (χ3v) is 2.28. The first-order chi connectivity index (χ1) is 4.70. The van der Waals surface area contributed by atoms with Crippen molar-refractivity contribution in [3.05, 3.63) is 0 Å². The predicted molar refractivity (Wildman–Crippen MR) is 43.6 cm³/mol. The van der Waals surface area contributed by atoms with Crippen LogP contribution in [0.25, 0.3) is 0 Å². The van der Waals surface area contributed by atoms with E-state index in [2.05, 4.69) is 0 Å². The molecule has 1 aliphatic rings. The molecule has 2 atom stereocenters. The molecule has 1 rings (SSSR count). The Hall–Kier alpha value is -0.0800. The first kappa shape index (κ1) is 8.02. The summed E-state index contributed by atoms with van der Waals surface area (Å²) in [4.78, 5) is 0. The Labute approximate surface area is 63.0 Å². The van der Waals surface area contributed by atoms with E-state index in [1.54, 1.807) is 0 Å². The van der Waals surface area contributed by atoms with E-state index in [-0.39, 0.29) is 12.1 Å². The average molecular weight is 142 g/mol. The van der Waals surface area contributed by atoms with E-state index in [0.717, 1.165) is 12.3 Å². The lowest BCUT2D eigenvalue weighted by Gasteiger charge is -2.14. The van der Waals surface area contributed by atoms with Crippen molar-refractivity contribution in [2.45, 2.75) is 44.7 Å². The molecule has 2 nitrogen and oxygen atoms in total. The lowest BCUT2D eigenvalue weighted by atomic mass is 10.0. The fraction of sp³-hybridized carbons (Fsp3) is 1.00. The van der Waals surface area contributed by atoms with Gasteiger partial charge < -0.3 is 11.5 Å². The van der Waals surface area contributed by atoms with Crippen molar-refractivity contribution in [3.8, 4) is 0 Å². The highest BCUT2D eigenvalue weighted by molar-refractivity contribution is 4.78. The standard InChI is InChI=1S/C8H18N2/c1-6(9)8(10)5-4-7-2-3-7/h6-8H,2-5,9-10H2,1H3. The van der Waals surface area contributed by atoms with E-state index in [0.29, 0.717) is 0 Å². The summed E-state index contributed by atoms with van der Waals surface area (Å²) in [6, 6.07) is 0.388. The molecule has 0 aliphatic heterocycles. The van der Waals surface area contributed by atoms with E-state index in [1.807, 2.05) is 6.92 Å². The fourth-order valence-corrected chi connectivity index (χ4v) is 1.10. The van der Waals surface area contributed by atoms with Crippen LogP contribution < -0.4 is 11.5 Å². The molecule has 1 aliphatic carbocycles. The molecule has 1 fully saturated rings. The Morgan fingerprint density at radius 1 is 1.40 bits per heavy atom. The van der Waals surface area contributed by atoms with E-state index < -0.39 is 0 Å². The molecule has 0 amide bonds. The maximum absolute atomic E-state index is 5.77. The minimum Gasteiger partial charge on any atom is -0.327 e. The summed E-state index contributed by atoms with van der Waals surface area (Å²) in [5.74, 6) is 0.991. The SMILES string of the molecule is CC(N)C(N)CCC1CC1. The Bertz CT molecular complexity index is 97.4. The molecule has 0 saturated heterocycles. The van der Waals surface area contributed by atoms with Crippen molar-refractivity contribution >= 4 is 0 Å². The van der Waals surface area contributed by atoms with Gasteiger partial charge in [0, 0.05) is 12.1 Å². The first-order valence-corrected chi connectivity index (χ1v) is 4.21. The lowest BCUT2D eigenvalue weighted by Crippen LogP contribution is -2.38. The predicted octanol–water partition coefficient (Wildman–Crippen LogP) is 0.851. The van der Waals surface area contributed by atoms with Crippen LogP contribution in [0.1, 0.15) is 32.6 Å². The fourth-order valence-electron chi connectivity index (χ4n) is 1.10. The molecule has 2 unspecified atom stereocenters. The third kappa shape index (κ3) is 2.67. The van der Waals surface area contributed by atoms with Crippen LogP contribution in [0.2, 0.25) is 0 Å². The second kappa shape index (κ2) is 3.35. The molecule has 10 heavy (non-hydrogen) atoms. The van der Waals surface area contributed by atoms with Crippen molar-refractivity contribution < 1.29 is 0 Å². The van der Waals surface area contributed by atoms with Crippen LogP contribution in [0.3, 0.4) is 0 Å². The second-order valence-electron chi connectivity index (χ2n) is 3.54. The minimum absolute atomic E-state index is 0.166. The summed E-state index contributed by atoms with van der Waals surface area (Å²) in [6.45, 7) is 1.98. The van der Waals surface area contributed by atoms with Crippen molar-refractivity contribution in [2.75, 3.05) is 0 Å². The summed E-state index contributed by atoms with van der Waals surface area (Å²) in [5.41, 5.74) is 11.4. The molecule has 4 N–H and O–H groups in total. The molecule has 0 radical (unpaired) electrons. The van der Waals surface area contributed by atoms with Gasteiger partial charge in [-0.2, -0.15) is 0 Å². The largest absolute Gasteiger partial charge is 0.327 e. The van der Waals surface area contributed by atoms with Gasteiger partial charge in [-0.25, -0.2) is 0 Å². The van der Waals surface area contributed by atoms with Gasteiger partial charge in [0.25, 0.3) is 0 Å². The van der Waals surface area contributed by atoms with Crippen LogP contribution in [-0.4, -0.2) is 12.1 Å². The normalized spacial score (nSPS) is 24.3. The number of nitrogens with two attached hydrogens (primary N) is 2. The maximum Gasteiger partial charge on any atom is 0.0189 e. The van der Waals surface area contributed by atoms with Crippen LogP contribution >= 0.6 is 0 Å². The summed E-state index contributed by atoms with van der Waals surface area (Å²) in [6.07, 6.45) is 5.25. The highest BCUT2D eigenvalue weighted by Crippen LogP contribution is 2.33. The van der Waals surface area contributed by atoms with Crippen LogP contribution in [0.4, 0.5) is 0 Å². The van der Waals surface area contributed by atoms with Crippen molar-refractivity contribution in [1.82, 2.24) is 0 Å². The number of hydrogen-bond acceptors (Lipinski definition) is 2. The highest BCUT2D eigenvalue weighted by atomic mass is 14.8. The number of hydrogen-bond donors (Lipinski definition) is 2. The Balaban J connectivity index is 1.99. The van der Waals surface area contributed by atoms with E-state index >= 15 is 0 Å². The molecular formula is C8H18N2. The Morgan fingerprint density at radius 3 is 2.40 bits per heavy atom. The summed E-state index contributed by atoms with van der Waals surface area (Å²) >= 11 is 0. The molecule has 0 aromatic heterocycles. The maximum atomic E-state index is 5.77. The average Bonchev–Trinajstić information content (AvgIpc) is 2.64. The van der Waals surface area contributed by atoms with Gasteiger partial charge in [-0.05, 0) is 25.7 Å². The molecule has 1 saturated carbocycles. The zero-order valence-electron chi connectivity index (χ0n) is 6.72. The van der Waals surface area contributed by atoms with Gasteiger partial charge >= 0.3 is 0 Å². The molecule has 0 heterocycles. The molecule has 60 valence electrons. The van der Waals surface area contributed by atoms with Gasteiger partial charge in [0.05, 0.1) is 0 Å². The second-order valence-corrected chi connectivity index (χ2v) is 3.54. The van der Waals surface area contributed by atoms with E-state index in [4.69, 9.17) is 11.5 Å². The van der Waals surface area contributed by atoms with Crippen molar-refractivity contribution in [3.63, 3.8) is 0 Å². The van der Waals surface area contributed by atoms with Gasteiger partial charge in [-0.15, -0.1) is 0 Å².